The van der Waals surface area contributed by atoms with E-state index in [2.05, 4.69) is 24.9 Å². The predicted molar refractivity (Wildman–Crippen MR) is 90.8 cm³/mol. The maximum Gasteiger partial charge on any atom is 0.339 e. The summed E-state index contributed by atoms with van der Waals surface area (Å²) in [5.41, 5.74) is 1.06. The summed E-state index contributed by atoms with van der Waals surface area (Å²) in [6, 6.07) is 6.61. The minimum Gasteiger partial charge on any atom is -0.465 e. The fourth-order valence-corrected chi connectivity index (χ4v) is 2.40. The van der Waals surface area contributed by atoms with E-state index in [1.165, 1.54) is 25.4 Å². The standard InChI is InChI=1S/C17H18N4O4/c1-24-17(23)12-2-4-14(18-10-12)16(22)20-13-3-5-15(19-11-13)21-6-8-25-9-7-21/h2-5,10-11H,6-9H2,1H3,(H,20,22). The van der Waals surface area contributed by atoms with Crippen molar-refractivity contribution in [1.82, 2.24) is 9.97 Å². The first kappa shape index (κ1) is 16.8. The number of nitrogens with one attached hydrogen (secondary N) is 1. The van der Waals surface area contributed by atoms with E-state index in [4.69, 9.17) is 4.74 Å². The molecule has 0 saturated carbocycles. The first-order chi connectivity index (χ1) is 12.2. The molecule has 1 aliphatic rings. The molecule has 25 heavy (non-hydrogen) atoms. The topological polar surface area (TPSA) is 93.7 Å². The molecule has 3 heterocycles. The van der Waals surface area contributed by atoms with Crippen LogP contribution in [-0.2, 0) is 9.47 Å². The smallest absolute Gasteiger partial charge is 0.339 e. The Morgan fingerprint density at radius 2 is 1.92 bits per heavy atom. The second-order valence-electron chi connectivity index (χ2n) is 5.38. The summed E-state index contributed by atoms with van der Waals surface area (Å²) in [5.74, 6) is -0.0263. The van der Waals surface area contributed by atoms with Crippen molar-refractivity contribution < 1.29 is 19.1 Å². The maximum absolute atomic E-state index is 12.2. The van der Waals surface area contributed by atoms with Crippen molar-refractivity contribution in [1.29, 1.82) is 0 Å². The molecule has 8 heteroatoms. The van der Waals surface area contributed by atoms with Gasteiger partial charge in [0, 0.05) is 19.3 Å². The molecule has 8 nitrogen and oxygen atoms in total. The van der Waals surface area contributed by atoms with Crippen LogP contribution in [0, 0.1) is 0 Å². The van der Waals surface area contributed by atoms with E-state index in [1.54, 1.807) is 12.3 Å². The van der Waals surface area contributed by atoms with Crippen LogP contribution in [0.15, 0.2) is 36.7 Å². The molecule has 130 valence electrons. The average molecular weight is 342 g/mol. The SMILES string of the molecule is COC(=O)c1ccc(C(=O)Nc2ccc(N3CCOCC3)nc2)nc1. The highest BCUT2D eigenvalue weighted by molar-refractivity contribution is 6.03. The summed E-state index contributed by atoms with van der Waals surface area (Å²) in [6.07, 6.45) is 2.91. The van der Waals surface area contributed by atoms with Gasteiger partial charge in [0.15, 0.2) is 0 Å². The Kier molecular flexibility index (Phi) is 5.20. The van der Waals surface area contributed by atoms with Gasteiger partial charge in [-0.05, 0) is 24.3 Å². The van der Waals surface area contributed by atoms with E-state index in [1.807, 2.05) is 6.07 Å². The zero-order valence-corrected chi connectivity index (χ0v) is 13.8. The summed E-state index contributed by atoms with van der Waals surface area (Å²) >= 11 is 0. The van der Waals surface area contributed by atoms with Crippen LogP contribution in [0.5, 0.6) is 0 Å². The molecule has 1 aliphatic heterocycles. The minimum atomic E-state index is -0.498. The summed E-state index contributed by atoms with van der Waals surface area (Å²) < 4.78 is 9.91. The number of esters is 1. The van der Waals surface area contributed by atoms with Crippen LogP contribution in [-0.4, -0.2) is 55.3 Å². The van der Waals surface area contributed by atoms with E-state index < -0.39 is 5.97 Å². The Morgan fingerprint density at radius 1 is 1.12 bits per heavy atom. The van der Waals surface area contributed by atoms with Crippen LogP contribution in [0.3, 0.4) is 0 Å². The summed E-state index contributed by atoms with van der Waals surface area (Å²) in [6.45, 7) is 2.98. The molecule has 0 atom stereocenters. The Hall–Kier alpha value is -3.00. The van der Waals surface area contributed by atoms with Gasteiger partial charge >= 0.3 is 5.97 Å². The van der Waals surface area contributed by atoms with Crippen molar-refractivity contribution in [3.63, 3.8) is 0 Å². The lowest BCUT2D eigenvalue weighted by molar-refractivity contribution is 0.0600. The van der Waals surface area contributed by atoms with Gasteiger partial charge in [-0.25, -0.2) is 9.78 Å². The normalized spacial score (nSPS) is 14.0. The number of anilines is 2. The van der Waals surface area contributed by atoms with Crippen molar-refractivity contribution in [3.05, 3.63) is 47.9 Å². The van der Waals surface area contributed by atoms with Crippen molar-refractivity contribution in [2.75, 3.05) is 43.6 Å². The van der Waals surface area contributed by atoms with Crippen molar-refractivity contribution in [2.24, 2.45) is 0 Å². The molecular formula is C17H18N4O4. The number of hydrogen-bond acceptors (Lipinski definition) is 7. The van der Waals surface area contributed by atoms with Gasteiger partial charge in [-0.1, -0.05) is 0 Å². The first-order valence-electron chi connectivity index (χ1n) is 7.82. The zero-order chi connectivity index (χ0) is 17.6. The van der Waals surface area contributed by atoms with Gasteiger partial charge in [0.05, 0.1) is 37.8 Å². The van der Waals surface area contributed by atoms with Gasteiger partial charge in [0.2, 0.25) is 0 Å². The number of carbonyl (C=O) groups excluding carboxylic acids is 2. The second-order valence-corrected chi connectivity index (χ2v) is 5.38. The molecule has 3 rings (SSSR count). The second kappa shape index (κ2) is 7.71. The molecular weight excluding hydrogens is 324 g/mol. The van der Waals surface area contributed by atoms with Crippen LogP contribution in [0.25, 0.3) is 0 Å². The van der Waals surface area contributed by atoms with E-state index in [0.29, 0.717) is 18.9 Å². The number of aromatic nitrogens is 2. The number of morpholine rings is 1. The fourth-order valence-electron chi connectivity index (χ4n) is 2.40. The minimum absolute atomic E-state index is 0.199. The van der Waals surface area contributed by atoms with Gasteiger partial charge in [-0.3, -0.25) is 9.78 Å². The summed E-state index contributed by atoms with van der Waals surface area (Å²) in [4.78, 5) is 34.1. The third-order valence-corrected chi connectivity index (χ3v) is 3.76. The monoisotopic (exact) mass is 342 g/mol. The lowest BCUT2D eigenvalue weighted by Gasteiger charge is -2.27. The molecule has 0 unspecified atom stereocenters. The molecule has 0 bridgehead atoms. The Morgan fingerprint density at radius 3 is 2.52 bits per heavy atom. The fraction of sp³-hybridized carbons (Fsp3) is 0.294. The van der Waals surface area contributed by atoms with E-state index in [-0.39, 0.29) is 17.2 Å². The maximum atomic E-state index is 12.2. The number of carbonyl (C=O) groups is 2. The quantitative estimate of drug-likeness (QED) is 0.838. The Labute approximate surface area is 144 Å². The molecule has 1 saturated heterocycles. The molecule has 0 aromatic carbocycles. The van der Waals surface area contributed by atoms with Gasteiger partial charge in [-0.2, -0.15) is 0 Å². The number of methoxy groups -OCH3 is 1. The van der Waals surface area contributed by atoms with E-state index in [9.17, 15) is 9.59 Å². The van der Waals surface area contributed by atoms with Crippen LogP contribution < -0.4 is 10.2 Å². The molecule has 1 amide bonds. The summed E-state index contributed by atoms with van der Waals surface area (Å²) in [5, 5.41) is 2.73. The van der Waals surface area contributed by atoms with Crippen LogP contribution >= 0.6 is 0 Å². The van der Waals surface area contributed by atoms with Gasteiger partial charge in [0.25, 0.3) is 5.91 Å². The molecule has 0 spiro atoms. The van der Waals surface area contributed by atoms with Crippen molar-refractivity contribution in [3.8, 4) is 0 Å². The van der Waals surface area contributed by atoms with Gasteiger partial charge < -0.3 is 19.7 Å². The molecule has 0 radical (unpaired) electrons. The van der Waals surface area contributed by atoms with Crippen LogP contribution in [0.2, 0.25) is 0 Å². The highest BCUT2D eigenvalue weighted by Crippen LogP contribution is 2.16. The Balaban J connectivity index is 1.63. The van der Waals surface area contributed by atoms with Gasteiger partial charge in [-0.15, -0.1) is 0 Å². The van der Waals surface area contributed by atoms with Crippen LogP contribution in [0.1, 0.15) is 20.8 Å². The molecule has 1 N–H and O–H groups in total. The average Bonchev–Trinajstić information content (AvgIpc) is 2.68. The Bertz CT molecular complexity index is 740. The number of hydrogen-bond donors (Lipinski definition) is 1. The number of pyridine rings is 2. The zero-order valence-electron chi connectivity index (χ0n) is 13.8. The number of rotatable bonds is 4. The third kappa shape index (κ3) is 4.10. The third-order valence-electron chi connectivity index (χ3n) is 3.76. The van der Waals surface area contributed by atoms with E-state index >= 15 is 0 Å². The summed E-state index contributed by atoms with van der Waals surface area (Å²) in [7, 11) is 1.29. The number of ether oxygens (including phenoxy) is 2. The van der Waals surface area contributed by atoms with Crippen molar-refractivity contribution >= 4 is 23.4 Å². The number of amides is 1. The van der Waals surface area contributed by atoms with Crippen LogP contribution in [0.4, 0.5) is 11.5 Å². The van der Waals surface area contributed by atoms with Crippen molar-refractivity contribution in [2.45, 2.75) is 0 Å². The van der Waals surface area contributed by atoms with Gasteiger partial charge in [0.1, 0.15) is 11.5 Å². The van der Waals surface area contributed by atoms with E-state index in [0.717, 1.165) is 18.9 Å². The molecule has 0 aliphatic carbocycles. The lowest BCUT2D eigenvalue weighted by Crippen LogP contribution is -2.36. The number of nitrogens with zero attached hydrogens (tertiary/aromatic N) is 3. The molecule has 2 aromatic heterocycles. The largest absolute Gasteiger partial charge is 0.465 e. The lowest BCUT2D eigenvalue weighted by atomic mass is 10.2. The predicted octanol–water partition coefficient (Wildman–Crippen LogP) is 1.35. The molecule has 2 aromatic rings. The highest BCUT2D eigenvalue weighted by Gasteiger charge is 2.13. The molecule has 1 fully saturated rings. The first-order valence-corrected chi connectivity index (χ1v) is 7.82. The highest BCUT2D eigenvalue weighted by atomic mass is 16.5.